The molecule has 0 atom stereocenters. The lowest BCUT2D eigenvalue weighted by molar-refractivity contribution is 0.432. The summed E-state index contributed by atoms with van der Waals surface area (Å²) in [6.45, 7) is 6.24. The summed E-state index contributed by atoms with van der Waals surface area (Å²) in [5.74, 6) is 0. The highest BCUT2D eigenvalue weighted by Crippen LogP contribution is 2.49. The standard InChI is InChI=1S/C14H21N3/c1-12(2)16-9-13-3-8-17(10-13)11-14(4-5-14)6-7-15/h3,8,10,12,16H,4-6,9,11H2,1-2H3. The lowest BCUT2D eigenvalue weighted by Crippen LogP contribution is -2.21. The summed E-state index contributed by atoms with van der Waals surface area (Å²) in [5.41, 5.74) is 1.61. The van der Waals surface area contributed by atoms with Gasteiger partial charge >= 0.3 is 0 Å². The molecule has 0 amide bonds. The van der Waals surface area contributed by atoms with Crippen LogP contribution in [-0.2, 0) is 13.1 Å². The molecule has 0 saturated heterocycles. The third-order valence-electron chi connectivity index (χ3n) is 3.46. The second kappa shape index (κ2) is 4.93. The molecule has 2 rings (SSSR count). The van der Waals surface area contributed by atoms with Crippen LogP contribution in [0.2, 0.25) is 0 Å². The molecular weight excluding hydrogens is 210 g/mol. The molecule has 0 spiro atoms. The summed E-state index contributed by atoms with van der Waals surface area (Å²) in [7, 11) is 0. The molecule has 1 aliphatic carbocycles. The van der Waals surface area contributed by atoms with Crippen LogP contribution in [-0.4, -0.2) is 10.6 Å². The van der Waals surface area contributed by atoms with Crippen molar-refractivity contribution in [2.75, 3.05) is 0 Å². The Morgan fingerprint density at radius 2 is 2.29 bits per heavy atom. The molecule has 1 N–H and O–H groups in total. The maximum Gasteiger partial charge on any atom is 0.0628 e. The highest BCUT2D eigenvalue weighted by molar-refractivity contribution is 5.11. The number of aromatic nitrogens is 1. The molecule has 92 valence electrons. The molecule has 0 radical (unpaired) electrons. The van der Waals surface area contributed by atoms with Gasteiger partial charge in [-0.05, 0) is 24.5 Å². The van der Waals surface area contributed by atoms with Crippen molar-refractivity contribution in [1.29, 1.82) is 5.26 Å². The Hall–Kier alpha value is -1.27. The van der Waals surface area contributed by atoms with E-state index < -0.39 is 0 Å². The molecule has 0 aromatic carbocycles. The van der Waals surface area contributed by atoms with E-state index in [1.54, 1.807) is 0 Å². The van der Waals surface area contributed by atoms with E-state index in [-0.39, 0.29) is 5.41 Å². The van der Waals surface area contributed by atoms with E-state index in [4.69, 9.17) is 5.26 Å². The van der Waals surface area contributed by atoms with E-state index in [9.17, 15) is 0 Å². The number of nitrogens with zero attached hydrogens (tertiary/aromatic N) is 2. The second-order valence-corrected chi connectivity index (χ2v) is 5.56. The number of nitriles is 1. The third-order valence-corrected chi connectivity index (χ3v) is 3.46. The molecule has 1 heterocycles. The van der Waals surface area contributed by atoms with Crippen molar-refractivity contribution < 1.29 is 0 Å². The van der Waals surface area contributed by atoms with Crippen LogP contribution >= 0.6 is 0 Å². The molecule has 3 heteroatoms. The van der Waals surface area contributed by atoms with Crippen molar-refractivity contribution in [1.82, 2.24) is 9.88 Å². The first-order valence-corrected chi connectivity index (χ1v) is 6.39. The summed E-state index contributed by atoms with van der Waals surface area (Å²) in [5, 5.41) is 12.2. The summed E-state index contributed by atoms with van der Waals surface area (Å²) < 4.78 is 2.24. The molecule has 0 unspecified atom stereocenters. The maximum atomic E-state index is 8.80. The molecule has 1 fully saturated rings. The molecule has 1 aromatic rings. The SMILES string of the molecule is CC(C)NCc1ccn(CC2(CC#N)CC2)c1. The van der Waals surface area contributed by atoms with Crippen LogP contribution in [0.4, 0.5) is 0 Å². The smallest absolute Gasteiger partial charge is 0.0628 e. The molecular formula is C14H21N3. The van der Waals surface area contributed by atoms with Gasteiger partial charge in [0.1, 0.15) is 0 Å². The average Bonchev–Trinajstić information content (AvgIpc) is 2.87. The van der Waals surface area contributed by atoms with E-state index in [2.05, 4.69) is 48.3 Å². The van der Waals surface area contributed by atoms with E-state index in [0.29, 0.717) is 12.5 Å². The Kier molecular flexibility index (Phi) is 3.54. The van der Waals surface area contributed by atoms with Gasteiger partial charge in [0, 0.05) is 43.4 Å². The molecule has 1 aliphatic rings. The molecule has 1 saturated carbocycles. The highest BCUT2D eigenvalue weighted by atomic mass is 15.0. The van der Waals surface area contributed by atoms with Gasteiger partial charge in [0.05, 0.1) is 6.07 Å². The first-order valence-electron chi connectivity index (χ1n) is 6.39. The minimum Gasteiger partial charge on any atom is -0.353 e. The number of rotatable bonds is 6. The third kappa shape index (κ3) is 3.34. The van der Waals surface area contributed by atoms with E-state index in [1.807, 2.05) is 0 Å². The van der Waals surface area contributed by atoms with Gasteiger partial charge in [0.2, 0.25) is 0 Å². The van der Waals surface area contributed by atoms with Gasteiger partial charge in [-0.25, -0.2) is 0 Å². The van der Waals surface area contributed by atoms with E-state index in [0.717, 1.165) is 13.1 Å². The molecule has 3 nitrogen and oxygen atoms in total. The van der Waals surface area contributed by atoms with Crippen LogP contribution < -0.4 is 5.32 Å². The first kappa shape index (κ1) is 12.2. The van der Waals surface area contributed by atoms with Gasteiger partial charge in [-0.2, -0.15) is 5.26 Å². The zero-order valence-electron chi connectivity index (χ0n) is 10.7. The van der Waals surface area contributed by atoms with Crippen LogP contribution in [0.3, 0.4) is 0 Å². The summed E-state index contributed by atoms with van der Waals surface area (Å²) in [6.07, 6.45) is 7.45. The Morgan fingerprint density at radius 1 is 1.53 bits per heavy atom. The van der Waals surface area contributed by atoms with Gasteiger partial charge in [-0.15, -0.1) is 0 Å². The van der Waals surface area contributed by atoms with Crippen molar-refractivity contribution in [2.45, 2.75) is 52.2 Å². The fourth-order valence-electron chi connectivity index (χ4n) is 2.14. The Balaban J connectivity index is 1.88. The van der Waals surface area contributed by atoms with E-state index in [1.165, 1.54) is 18.4 Å². The second-order valence-electron chi connectivity index (χ2n) is 5.56. The quantitative estimate of drug-likeness (QED) is 0.817. The van der Waals surface area contributed by atoms with Gasteiger partial charge in [-0.1, -0.05) is 13.8 Å². The molecule has 0 aliphatic heterocycles. The summed E-state index contributed by atoms with van der Waals surface area (Å²) in [4.78, 5) is 0. The molecule has 1 aromatic heterocycles. The van der Waals surface area contributed by atoms with E-state index >= 15 is 0 Å². The van der Waals surface area contributed by atoms with Crippen LogP contribution in [0, 0.1) is 16.7 Å². The van der Waals surface area contributed by atoms with Crippen LogP contribution in [0.1, 0.15) is 38.7 Å². The van der Waals surface area contributed by atoms with Crippen molar-refractivity contribution in [3.05, 3.63) is 24.0 Å². The highest BCUT2D eigenvalue weighted by Gasteiger charge is 2.42. The van der Waals surface area contributed by atoms with Gasteiger partial charge in [-0.3, -0.25) is 0 Å². The normalized spacial score (nSPS) is 17.1. The van der Waals surface area contributed by atoms with Crippen molar-refractivity contribution in [2.24, 2.45) is 5.41 Å². The Bertz CT molecular complexity index is 407. The summed E-state index contributed by atoms with van der Waals surface area (Å²) in [6, 6.07) is 5.00. The number of nitrogens with one attached hydrogen (secondary N) is 1. The topological polar surface area (TPSA) is 40.8 Å². The minimum atomic E-state index is 0.288. The number of hydrogen-bond donors (Lipinski definition) is 1. The molecule has 0 bridgehead atoms. The monoisotopic (exact) mass is 231 g/mol. The maximum absolute atomic E-state index is 8.80. The minimum absolute atomic E-state index is 0.288. The fourth-order valence-corrected chi connectivity index (χ4v) is 2.14. The fraction of sp³-hybridized carbons (Fsp3) is 0.643. The average molecular weight is 231 g/mol. The van der Waals surface area contributed by atoms with Crippen molar-refractivity contribution in [3.63, 3.8) is 0 Å². The van der Waals surface area contributed by atoms with Crippen molar-refractivity contribution >= 4 is 0 Å². The zero-order valence-corrected chi connectivity index (χ0v) is 10.7. The zero-order chi connectivity index (χ0) is 12.3. The number of hydrogen-bond acceptors (Lipinski definition) is 2. The van der Waals surface area contributed by atoms with Crippen LogP contribution in [0.5, 0.6) is 0 Å². The first-order chi connectivity index (χ1) is 8.13. The lowest BCUT2D eigenvalue weighted by atomic mass is 10.0. The summed E-state index contributed by atoms with van der Waals surface area (Å²) >= 11 is 0. The van der Waals surface area contributed by atoms with Gasteiger partial charge < -0.3 is 9.88 Å². The lowest BCUT2D eigenvalue weighted by Gasteiger charge is -2.11. The van der Waals surface area contributed by atoms with Crippen molar-refractivity contribution in [3.8, 4) is 6.07 Å². The largest absolute Gasteiger partial charge is 0.353 e. The Morgan fingerprint density at radius 3 is 2.88 bits per heavy atom. The predicted molar refractivity (Wildman–Crippen MR) is 68.3 cm³/mol. The van der Waals surface area contributed by atoms with Crippen LogP contribution in [0.15, 0.2) is 18.5 Å². The van der Waals surface area contributed by atoms with Gasteiger partial charge in [0.15, 0.2) is 0 Å². The Labute approximate surface area is 103 Å². The van der Waals surface area contributed by atoms with Crippen LogP contribution in [0.25, 0.3) is 0 Å². The molecule has 17 heavy (non-hydrogen) atoms. The van der Waals surface area contributed by atoms with Gasteiger partial charge in [0.25, 0.3) is 0 Å². The predicted octanol–water partition coefficient (Wildman–Crippen LogP) is 2.68.